The quantitative estimate of drug-likeness (QED) is 0.231. The van der Waals surface area contributed by atoms with Crippen molar-refractivity contribution in [2.75, 3.05) is 11.5 Å². The standard InChI is InChI=1S/C35H52N2O5S2/c1-20-11-28(38)21(2)25-12-22(17-43-44-18-23(15-32(20,3)4)37-10-9-36-19-37)35(42)26-13-29(39)27-14-30(40)31(41)16-33(27,5)24(26)7-8-34(25,35)6/h9-10,13,19,21-25,27-28,30-31,38,40-42H,1,7-8,11-12,14-18H2,2-6H3/t21-,22+,23+,24-,25+,27-,28+,30+,31-,33+,34+,35+/m0/s1. The predicted molar refractivity (Wildman–Crippen MR) is 177 cm³/mol. The number of hydrogen-bond acceptors (Lipinski definition) is 8. The van der Waals surface area contributed by atoms with Crippen molar-refractivity contribution < 1.29 is 25.2 Å². The van der Waals surface area contributed by atoms with Crippen LogP contribution in [0.3, 0.4) is 0 Å². The van der Waals surface area contributed by atoms with Gasteiger partial charge in [-0.3, -0.25) is 4.79 Å². The third-order valence-corrected chi connectivity index (χ3v) is 15.9. The summed E-state index contributed by atoms with van der Waals surface area (Å²) in [7, 11) is 3.65. The molecule has 4 aliphatic carbocycles. The van der Waals surface area contributed by atoms with Crippen molar-refractivity contribution >= 4 is 27.4 Å². The van der Waals surface area contributed by atoms with E-state index >= 15 is 0 Å². The fourth-order valence-corrected chi connectivity index (χ4v) is 13.1. The van der Waals surface area contributed by atoms with Crippen LogP contribution in [0.1, 0.15) is 85.6 Å². The summed E-state index contributed by atoms with van der Waals surface area (Å²) in [5.41, 5.74) is -0.473. The summed E-state index contributed by atoms with van der Waals surface area (Å²) in [6, 6.07) is 0.214. The number of rotatable bonds is 1. The van der Waals surface area contributed by atoms with Gasteiger partial charge in [-0.25, -0.2) is 4.98 Å². The number of carbonyl (C=O) groups excluding carboxylic acids is 1. The van der Waals surface area contributed by atoms with E-state index in [1.54, 1.807) is 6.08 Å². The van der Waals surface area contributed by atoms with Crippen LogP contribution >= 0.6 is 21.6 Å². The van der Waals surface area contributed by atoms with Crippen LogP contribution in [-0.4, -0.2) is 71.2 Å². The number of fused-ring (bicyclic) bond motifs is 9. The Labute approximate surface area is 270 Å². The van der Waals surface area contributed by atoms with Crippen LogP contribution in [0.5, 0.6) is 0 Å². The summed E-state index contributed by atoms with van der Waals surface area (Å²) in [4.78, 5) is 18.1. The Balaban J connectivity index is 1.38. The number of imidazole rings is 1. The highest BCUT2D eigenvalue weighted by Crippen LogP contribution is 2.70. The van der Waals surface area contributed by atoms with Gasteiger partial charge in [0.05, 0.1) is 30.2 Å². The molecule has 5 aliphatic rings. The number of carbonyl (C=O) groups is 1. The molecule has 1 aliphatic heterocycles. The van der Waals surface area contributed by atoms with E-state index in [-0.39, 0.29) is 53.3 Å². The summed E-state index contributed by atoms with van der Waals surface area (Å²) in [5.74, 6) is 1.19. The number of nitrogens with zero attached hydrogens (tertiary/aromatic N) is 2. The highest BCUT2D eigenvalue weighted by atomic mass is 33.1. The summed E-state index contributed by atoms with van der Waals surface area (Å²) in [6.45, 7) is 15.4. The molecule has 2 bridgehead atoms. The van der Waals surface area contributed by atoms with Crippen LogP contribution in [0.2, 0.25) is 0 Å². The highest BCUT2D eigenvalue weighted by Gasteiger charge is 2.70. The molecular formula is C35H52N2O5S2. The number of aromatic nitrogens is 2. The first kappa shape index (κ1) is 32.8. The molecule has 1 saturated heterocycles. The normalized spacial score (nSPS) is 48.0. The van der Waals surface area contributed by atoms with Crippen molar-refractivity contribution in [3.63, 3.8) is 0 Å². The van der Waals surface area contributed by atoms with Crippen molar-refractivity contribution in [2.24, 2.45) is 45.8 Å². The predicted octanol–water partition coefficient (Wildman–Crippen LogP) is 5.61. The Kier molecular flexibility index (Phi) is 8.62. The van der Waals surface area contributed by atoms with Crippen LogP contribution in [0.25, 0.3) is 0 Å². The topological polar surface area (TPSA) is 116 Å². The smallest absolute Gasteiger partial charge is 0.159 e. The fraction of sp³-hybridized carbons (Fsp3) is 0.771. The number of allylic oxidation sites excluding steroid dienone is 1. The minimum atomic E-state index is -1.19. The van der Waals surface area contributed by atoms with E-state index in [1.165, 1.54) is 0 Å². The van der Waals surface area contributed by atoms with Gasteiger partial charge in [0.2, 0.25) is 0 Å². The third-order valence-electron chi connectivity index (χ3n) is 13.3. The van der Waals surface area contributed by atoms with E-state index in [0.29, 0.717) is 12.8 Å². The molecule has 9 heteroatoms. The van der Waals surface area contributed by atoms with Crippen molar-refractivity contribution in [2.45, 2.75) is 110 Å². The zero-order valence-electron chi connectivity index (χ0n) is 27.0. The molecule has 0 unspecified atom stereocenters. The molecule has 12 atom stereocenters. The SMILES string of the molecule is C=C1C[C@@H](O)[C@@H](C)[C@H]2C[C@H](CSSC[C@H](n3ccnc3)CC1(C)C)[C@@]1(O)C3=CC(=O)[C@@H]4C[C@@H](O)[C@@H](O)C[C@]4(C)[C@H]3CC[C@]21C. The van der Waals surface area contributed by atoms with E-state index in [4.69, 9.17) is 0 Å². The largest absolute Gasteiger partial charge is 0.393 e. The minimum Gasteiger partial charge on any atom is -0.393 e. The van der Waals surface area contributed by atoms with Crippen LogP contribution in [-0.2, 0) is 4.79 Å². The first-order chi connectivity index (χ1) is 20.6. The molecule has 244 valence electrons. The van der Waals surface area contributed by atoms with E-state index in [0.717, 1.165) is 48.3 Å². The third kappa shape index (κ3) is 5.02. The molecule has 0 aromatic carbocycles. The zero-order valence-corrected chi connectivity index (χ0v) is 28.6. The molecule has 44 heavy (non-hydrogen) atoms. The van der Waals surface area contributed by atoms with Crippen LogP contribution < -0.4 is 0 Å². The maximum Gasteiger partial charge on any atom is 0.159 e. The van der Waals surface area contributed by atoms with Crippen molar-refractivity contribution in [1.29, 1.82) is 0 Å². The van der Waals surface area contributed by atoms with E-state index in [1.807, 2.05) is 40.3 Å². The maximum absolute atomic E-state index is 13.8. The van der Waals surface area contributed by atoms with Gasteiger partial charge in [0.15, 0.2) is 5.78 Å². The van der Waals surface area contributed by atoms with Crippen molar-refractivity contribution in [3.05, 3.63) is 42.5 Å². The molecule has 0 spiro atoms. The second kappa shape index (κ2) is 11.6. The monoisotopic (exact) mass is 644 g/mol. The average molecular weight is 645 g/mol. The Morgan fingerprint density at radius 1 is 1.00 bits per heavy atom. The molecule has 6 rings (SSSR count). The van der Waals surface area contributed by atoms with Gasteiger partial charge in [-0.1, -0.05) is 68.4 Å². The van der Waals surface area contributed by atoms with Crippen molar-refractivity contribution in [1.82, 2.24) is 9.55 Å². The lowest BCUT2D eigenvalue weighted by Gasteiger charge is -2.61. The lowest BCUT2D eigenvalue weighted by molar-refractivity contribution is -0.158. The van der Waals surface area contributed by atoms with Crippen molar-refractivity contribution in [3.8, 4) is 0 Å². The van der Waals surface area contributed by atoms with Gasteiger partial charge in [-0.15, -0.1) is 0 Å². The van der Waals surface area contributed by atoms with Gasteiger partial charge in [0.25, 0.3) is 0 Å². The zero-order chi connectivity index (χ0) is 31.8. The van der Waals surface area contributed by atoms with Gasteiger partial charge in [0.1, 0.15) is 0 Å². The lowest BCUT2D eigenvalue weighted by atomic mass is 9.45. The molecule has 7 nitrogen and oxygen atoms in total. The van der Waals surface area contributed by atoms with E-state index < -0.39 is 34.7 Å². The first-order valence-electron chi connectivity index (χ1n) is 16.6. The van der Waals surface area contributed by atoms with Gasteiger partial charge in [-0.05, 0) is 85.2 Å². The highest BCUT2D eigenvalue weighted by molar-refractivity contribution is 8.76. The Hall–Kier alpha value is -1.10. The molecule has 2 heterocycles. The summed E-state index contributed by atoms with van der Waals surface area (Å²) in [6.07, 6.45) is 9.60. The summed E-state index contributed by atoms with van der Waals surface area (Å²) in [5, 5.41) is 46.3. The van der Waals surface area contributed by atoms with Crippen LogP contribution in [0.15, 0.2) is 42.5 Å². The number of ketones is 1. The Bertz CT molecular complexity index is 1300. The Morgan fingerprint density at radius 2 is 1.73 bits per heavy atom. The Morgan fingerprint density at radius 3 is 2.43 bits per heavy atom. The van der Waals surface area contributed by atoms with Crippen LogP contribution in [0.4, 0.5) is 0 Å². The van der Waals surface area contributed by atoms with E-state index in [9.17, 15) is 25.2 Å². The molecule has 1 aromatic rings. The molecule has 0 amide bonds. The maximum atomic E-state index is 13.8. The minimum absolute atomic E-state index is 0.0210. The number of aliphatic hydroxyl groups excluding tert-OH is 3. The molecule has 3 saturated carbocycles. The second-order valence-electron chi connectivity index (χ2n) is 16.0. The summed E-state index contributed by atoms with van der Waals surface area (Å²) < 4.78 is 2.18. The number of hydrogen-bond donors (Lipinski definition) is 4. The van der Waals surface area contributed by atoms with Gasteiger partial charge < -0.3 is 25.0 Å². The van der Waals surface area contributed by atoms with Crippen LogP contribution in [0, 0.1) is 45.8 Å². The molecule has 4 fully saturated rings. The van der Waals surface area contributed by atoms with Gasteiger partial charge in [-0.2, -0.15) is 0 Å². The summed E-state index contributed by atoms with van der Waals surface area (Å²) >= 11 is 0. The van der Waals surface area contributed by atoms with E-state index in [2.05, 4.69) is 50.7 Å². The average Bonchev–Trinajstić information content (AvgIpc) is 3.57. The fourth-order valence-electron chi connectivity index (χ4n) is 10.4. The first-order valence-corrected chi connectivity index (χ1v) is 19.0. The van der Waals surface area contributed by atoms with Gasteiger partial charge >= 0.3 is 0 Å². The second-order valence-corrected chi connectivity index (χ2v) is 18.6. The lowest BCUT2D eigenvalue weighted by Crippen LogP contribution is -2.62. The molecular weight excluding hydrogens is 593 g/mol. The number of aliphatic hydroxyl groups is 4. The molecule has 0 radical (unpaired) electrons. The molecule has 4 N–H and O–H groups in total. The van der Waals surface area contributed by atoms with Gasteiger partial charge in [0, 0.05) is 47.2 Å². The molecule has 1 aromatic heterocycles.